The lowest BCUT2D eigenvalue weighted by atomic mass is 10.1. The Hall–Kier alpha value is -1.39. The highest BCUT2D eigenvalue weighted by atomic mass is 16.2. The smallest absolute Gasteiger partial charge is 0.237 e. The van der Waals surface area contributed by atoms with Crippen LogP contribution in [0.3, 0.4) is 0 Å². The maximum absolute atomic E-state index is 12.5. The number of carbonyl (C=O) groups excluding carboxylic acids is 1. The SMILES string of the molecule is CCN(Cc1ccccc1)C(=O)CN1CC(CN)CC1C. The Labute approximate surface area is 127 Å². The summed E-state index contributed by atoms with van der Waals surface area (Å²) in [5.74, 6) is 0.753. The summed E-state index contributed by atoms with van der Waals surface area (Å²) in [5, 5.41) is 0. The number of hydrogen-bond acceptors (Lipinski definition) is 3. The van der Waals surface area contributed by atoms with Crippen LogP contribution in [0.2, 0.25) is 0 Å². The minimum Gasteiger partial charge on any atom is -0.338 e. The van der Waals surface area contributed by atoms with Crippen LogP contribution in [0.1, 0.15) is 25.8 Å². The molecule has 116 valence electrons. The highest BCUT2D eigenvalue weighted by Crippen LogP contribution is 2.21. The first-order chi connectivity index (χ1) is 10.1. The highest BCUT2D eigenvalue weighted by Gasteiger charge is 2.30. The van der Waals surface area contributed by atoms with Gasteiger partial charge in [-0.3, -0.25) is 9.69 Å². The Morgan fingerprint density at radius 2 is 2.10 bits per heavy atom. The predicted octanol–water partition coefficient (Wildman–Crippen LogP) is 1.70. The van der Waals surface area contributed by atoms with Crippen molar-refractivity contribution in [3.8, 4) is 0 Å². The average molecular weight is 289 g/mol. The minimum atomic E-state index is 0.214. The molecule has 1 aliphatic heterocycles. The van der Waals surface area contributed by atoms with Crippen LogP contribution in [0.4, 0.5) is 0 Å². The molecule has 1 fully saturated rings. The highest BCUT2D eigenvalue weighted by molar-refractivity contribution is 5.78. The summed E-state index contributed by atoms with van der Waals surface area (Å²) in [6, 6.07) is 10.6. The number of nitrogens with zero attached hydrogens (tertiary/aromatic N) is 2. The molecular formula is C17H27N3O. The summed E-state index contributed by atoms with van der Waals surface area (Å²) < 4.78 is 0. The zero-order valence-electron chi connectivity index (χ0n) is 13.2. The van der Waals surface area contributed by atoms with E-state index in [0.29, 0.717) is 25.0 Å². The molecule has 2 unspecified atom stereocenters. The first-order valence-corrected chi connectivity index (χ1v) is 7.89. The largest absolute Gasteiger partial charge is 0.338 e. The molecule has 4 nitrogen and oxygen atoms in total. The number of benzene rings is 1. The van der Waals surface area contributed by atoms with Gasteiger partial charge < -0.3 is 10.6 Å². The van der Waals surface area contributed by atoms with Crippen LogP contribution in [-0.2, 0) is 11.3 Å². The van der Waals surface area contributed by atoms with Gasteiger partial charge in [0.15, 0.2) is 0 Å². The Morgan fingerprint density at radius 1 is 1.38 bits per heavy atom. The maximum Gasteiger partial charge on any atom is 0.237 e. The van der Waals surface area contributed by atoms with Crippen LogP contribution < -0.4 is 5.73 Å². The van der Waals surface area contributed by atoms with Crippen LogP contribution in [-0.4, -0.2) is 47.9 Å². The van der Waals surface area contributed by atoms with E-state index >= 15 is 0 Å². The van der Waals surface area contributed by atoms with Gasteiger partial charge in [0.2, 0.25) is 5.91 Å². The van der Waals surface area contributed by atoms with Crippen LogP contribution in [0.5, 0.6) is 0 Å². The number of nitrogens with two attached hydrogens (primary N) is 1. The Morgan fingerprint density at radius 3 is 2.67 bits per heavy atom. The van der Waals surface area contributed by atoms with Gasteiger partial charge >= 0.3 is 0 Å². The summed E-state index contributed by atoms with van der Waals surface area (Å²) in [4.78, 5) is 16.7. The first kappa shape index (κ1) is 16.0. The van der Waals surface area contributed by atoms with Gasteiger partial charge in [-0.2, -0.15) is 0 Å². The third kappa shape index (κ3) is 4.29. The molecule has 4 heteroatoms. The third-order valence-corrected chi connectivity index (χ3v) is 4.41. The van der Waals surface area contributed by atoms with Crippen molar-refractivity contribution in [1.29, 1.82) is 0 Å². The van der Waals surface area contributed by atoms with E-state index in [0.717, 1.165) is 26.1 Å². The molecule has 1 saturated heterocycles. The monoisotopic (exact) mass is 289 g/mol. The van der Waals surface area contributed by atoms with E-state index < -0.39 is 0 Å². The molecule has 0 spiro atoms. The molecular weight excluding hydrogens is 262 g/mol. The number of likely N-dealkylation sites (N-methyl/N-ethyl adjacent to an activating group) is 1. The number of carbonyl (C=O) groups is 1. The summed E-state index contributed by atoms with van der Waals surface area (Å²) >= 11 is 0. The zero-order valence-corrected chi connectivity index (χ0v) is 13.2. The minimum absolute atomic E-state index is 0.214. The molecule has 0 radical (unpaired) electrons. The van der Waals surface area contributed by atoms with Crippen LogP contribution >= 0.6 is 0 Å². The first-order valence-electron chi connectivity index (χ1n) is 7.89. The normalized spacial score (nSPS) is 22.4. The number of hydrogen-bond donors (Lipinski definition) is 1. The van der Waals surface area contributed by atoms with Gasteiger partial charge in [-0.15, -0.1) is 0 Å². The van der Waals surface area contributed by atoms with Crippen molar-refractivity contribution < 1.29 is 4.79 Å². The second kappa shape index (κ2) is 7.57. The third-order valence-electron chi connectivity index (χ3n) is 4.41. The molecule has 0 aromatic heterocycles. The molecule has 0 aliphatic carbocycles. The van der Waals surface area contributed by atoms with Crippen molar-refractivity contribution in [2.75, 3.05) is 26.2 Å². The molecule has 1 aromatic rings. The van der Waals surface area contributed by atoms with Gasteiger partial charge in [0.05, 0.1) is 6.54 Å². The van der Waals surface area contributed by atoms with Crippen LogP contribution in [0.15, 0.2) is 30.3 Å². The van der Waals surface area contributed by atoms with E-state index in [1.54, 1.807) is 0 Å². The summed E-state index contributed by atoms with van der Waals surface area (Å²) in [7, 11) is 0. The molecule has 1 heterocycles. The number of amides is 1. The zero-order chi connectivity index (χ0) is 15.2. The van der Waals surface area contributed by atoms with Gasteiger partial charge in [0.25, 0.3) is 0 Å². The fourth-order valence-corrected chi connectivity index (χ4v) is 3.06. The Bertz CT molecular complexity index is 449. The lowest BCUT2D eigenvalue weighted by molar-refractivity contribution is -0.133. The van der Waals surface area contributed by atoms with E-state index in [1.165, 1.54) is 5.56 Å². The Balaban J connectivity index is 1.91. The summed E-state index contributed by atoms with van der Waals surface area (Å²) in [5.41, 5.74) is 6.94. The molecule has 2 atom stereocenters. The van der Waals surface area contributed by atoms with E-state index in [4.69, 9.17) is 5.73 Å². The van der Waals surface area contributed by atoms with E-state index in [-0.39, 0.29) is 5.91 Å². The van der Waals surface area contributed by atoms with Crippen molar-refractivity contribution in [3.63, 3.8) is 0 Å². The second-order valence-electron chi connectivity index (χ2n) is 6.01. The lowest BCUT2D eigenvalue weighted by Gasteiger charge is -2.26. The fraction of sp³-hybridized carbons (Fsp3) is 0.588. The van der Waals surface area contributed by atoms with E-state index in [2.05, 4.69) is 24.0 Å². The maximum atomic E-state index is 12.5. The Kier molecular flexibility index (Phi) is 5.76. The summed E-state index contributed by atoms with van der Waals surface area (Å²) in [6.07, 6.45) is 1.11. The lowest BCUT2D eigenvalue weighted by Crippen LogP contribution is -2.41. The average Bonchev–Trinajstić information content (AvgIpc) is 2.86. The van der Waals surface area contributed by atoms with E-state index in [9.17, 15) is 4.79 Å². The predicted molar refractivity (Wildman–Crippen MR) is 85.7 cm³/mol. The summed E-state index contributed by atoms with van der Waals surface area (Å²) in [6.45, 7) is 7.85. The van der Waals surface area contributed by atoms with Crippen LogP contribution in [0.25, 0.3) is 0 Å². The molecule has 2 rings (SSSR count). The van der Waals surface area contributed by atoms with Crippen molar-refractivity contribution in [2.24, 2.45) is 11.7 Å². The molecule has 0 bridgehead atoms. The quantitative estimate of drug-likeness (QED) is 0.867. The fourth-order valence-electron chi connectivity index (χ4n) is 3.06. The van der Waals surface area contributed by atoms with Gasteiger partial charge in [0.1, 0.15) is 0 Å². The number of likely N-dealkylation sites (tertiary alicyclic amines) is 1. The van der Waals surface area contributed by atoms with Gasteiger partial charge in [-0.25, -0.2) is 0 Å². The second-order valence-corrected chi connectivity index (χ2v) is 6.01. The molecule has 1 aromatic carbocycles. The van der Waals surface area contributed by atoms with E-state index in [1.807, 2.05) is 30.0 Å². The van der Waals surface area contributed by atoms with Gasteiger partial charge in [-0.1, -0.05) is 30.3 Å². The molecule has 1 amide bonds. The molecule has 0 saturated carbocycles. The van der Waals surface area contributed by atoms with Crippen LogP contribution in [0, 0.1) is 5.92 Å². The van der Waals surface area contributed by atoms with Crippen molar-refractivity contribution in [3.05, 3.63) is 35.9 Å². The van der Waals surface area contributed by atoms with Crippen molar-refractivity contribution >= 4 is 5.91 Å². The standard InChI is InChI=1S/C17H27N3O/c1-3-19(11-15-7-5-4-6-8-15)17(21)13-20-12-16(10-18)9-14(20)2/h4-8,14,16H,3,9-13,18H2,1-2H3. The van der Waals surface area contributed by atoms with Crippen molar-refractivity contribution in [2.45, 2.75) is 32.9 Å². The molecule has 2 N–H and O–H groups in total. The van der Waals surface area contributed by atoms with Gasteiger partial charge in [-0.05, 0) is 38.3 Å². The topological polar surface area (TPSA) is 49.6 Å². The number of rotatable bonds is 6. The van der Waals surface area contributed by atoms with Gasteiger partial charge in [0, 0.05) is 25.7 Å². The van der Waals surface area contributed by atoms with Crippen molar-refractivity contribution in [1.82, 2.24) is 9.80 Å². The molecule has 1 aliphatic rings. The molecule has 21 heavy (non-hydrogen) atoms.